The van der Waals surface area contributed by atoms with Crippen LogP contribution in [-0.4, -0.2) is 25.1 Å². The van der Waals surface area contributed by atoms with Gasteiger partial charge in [-0.15, -0.1) is 0 Å². The molecule has 0 unspecified atom stereocenters. The molecular weight excluding hydrogens is 731 g/mol. The van der Waals surface area contributed by atoms with E-state index in [9.17, 15) is 0 Å². The van der Waals surface area contributed by atoms with Gasteiger partial charge in [-0.1, -0.05) is 158 Å². The topological polar surface area (TPSA) is 64.5 Å². The maximum absolute atomic E-state index is 5.26. The zero-order valence-corrected chi connectivity index (χ0v) is 32.6. The summed E-state index contributed by atoms with van der Waals surface area (Å²) in [6, 6.07) is 75.8. The van der Waals surface area contributed by atoms with Crippen molar-refractivity contribution in [3.8, 4) is 101 Å². The maximum Gasteiger partial charge on any atom is 0.164 e. The van der Waals surface area contributed by atoms with E-state index < -0.39 is 0 Å². The lowest BCUT2D eigenvalue weighted by Crippen LogP contribution is -2.01. The van der Waals surface area contributed by atoms with E-state index in [-0.39, 0.29) is 0 Å². The molecule has 0 saturated heterocycles. The molecule has 0 radical (unpaired) electrons. The van der Waals surface area contributed by atoms with Crippen LogP contribution in [0.15, 0.2) is 225 Å². The third-order valence-electron chi connectivity index (χ3n) is 10.6. The smallest absolute Gasteiger partial charge is 0.164 e. The Morgan fingerprint density at radius 3 is 0.967 bits per heavy atom. The second-order valence-corrected chi connectivity index (χ2v) is 14.6. The summed E-state index contributed by atoms with van der Waals surface area (Å²) in [4.78, 5) is 15.7. The molecule has 0 saturated carbocycles. The number of benzene rings is 8. The van der Waals surface area contributed by atoms with Crippen LogP contribution in [0.4, 0.5) is 0 Å². The third-order valence-corrected chi connectivity index (χ3v) is 10.6. The molecule has 0 amide bonds. The van der Waals surface area contributed by atoms with Crippen molar-refractivity contribution in [3.05, 3.63) is 225 Å². The Bertz CT molecular complexity index is 2900. The molecule has 0 spiro atoms. The molecule has 282 valence electrons. The van der Waals surface area contributed by atoms with E-state index in [0.717, 1.165) is 83.6 Å². The van der Waals surface area contributed by atoms with Gasteiger partial charge >= 0.3 is 0 Å². The molecule has 10 aromatic rings. The molecule has 8 aromatic carbocycles. The molecule has 60 heavy (non-hydrogen) atoms. The summed E-state index contributed by atoms with van der Waals surface area (Å²) in [5.41, 5.74) is 15.3. The standard InChI is InChI=1S/C55H37N5/c1-5-16-38(17-6-1)42-24-13-26-44(30-42)53-57-54(45-27-14-25-43(31-45)39-18-7-2-8-19-39)59-55(58-53)51-36-49(35-50(37-51)52-28-15-29-56-60-52)48-33-46(40-20-9-3-10-21-40)32-47(34-48)41-22-11-4-12-23-41/h1-37H. The predicted molar refractivity (Wildman–Crippen MR) is 244 cm³/mol. The highest BCUT2D eigenvalue weighted by atomic mass is 15.1. The predicted octanol–water partition coefficient (Wildman–Crippen LogP) is 13.7. The summed E-state index contributed by atoms with van der Waals surface area (Å²) in [7, 11) is 0. The van der Waals surface area contributed by atoms with Gasteiger partial charge in [0.2, 0.25) is 0 Å². The Balaban J connectivity index is 1.19. The van der Waals surface area contributed by atoms with E-state index in [2.05, 4.69) is 204 Å². The minimum absolute atomic E-state index is 0.555. The van der Waals surface area contributed by atoms with Crippen LogP contribution in [-0.2, 0) is 0 Å². The van der Waals surface area contributed by atoms with Crippen LogP contribution >= 0.6 is 0 Å². The van der Waals surface area contributed by atoms with E-state index in [0.29, 0.717) is 17.5 Å². The Kier molecular flexibility index (Phi) is 9.88. The average molecular weight is 768 g/mol. The van der Waals surface area contributed by atoms with Crippen LogP contribution in [0.1, 0.15) is 0 Å². The van der Waals surface area contributed by atoms with Crippen molar-refractivity contribution in [2.75, 3.05) is 0 Å². The lowest BCUT2D eigenvalue weighted by Gasteiger charge is -2.15. The minimum Gasteiger partial charge on any atom is -0.208 e. The largest absolute Gasteiger partial charge is 0.208 e. The first-order valence-corrected chi connectivity index (χ1v) is 20.0. The molecule has 5 heteroatoms. The Morgan fingerprint density at radius 2 is 0.533 bits per heavy atom. The zero-order valence-electron chi connectivity index (χ0n) is 32.6. The maximum atomic E-state index is 5.26. The molecule has 5 nitrogen and oxygen atoms in total. The fraction of sp³-hybridized carbons (Fsp3) is 0. The Labute approximate surface area is 349 Å². The number of aromatic nitrogens is 5. The Morgan fingerprint density at radius 1 is 0.217 bits per heavy atom. The van der Waals surface area contributed by atoms with Crippen LogP contribution < -0.4 is 0 Å². The second-order valence-electron chi connectivity index (χ2n) is 14.6. The van der Waals surface area contributed by atoms with Gasteiger partial charge in [-0.05, 0) is 116 Å². The molecule has 10 rings (SSSR count). The molecule has 2 heterocycles. The lowest BCUT2D eigenvalue weighted by atomic mass is 9.91. The van der Waals surface area contributed by atoms with Crippen LogP contribution in [0, 0.1) is 0 Å². The first-order valence-electron chi connectivity index (χ1n) is 20.0. The fourth-order valence-electron chi connectivity index (χ4n) is 7.62. The van der Waals surface area contributed by atoms with Crippen molar-refractivity contribution in [1.29, 1.82) is 0 Å². The van der Waals surface area contributed by atoms with Crippen molar-refractivity contribution in [1.82, 2.24) is 25.1 Å². The molecule has 0 fully saturated rings. The molecule has 2 aromatic heterocycles. The van der Waals surface area contributed by atoms with Crippen LogP contribution in [0.3, 0.4) is 0 Å². The summed E-state index contributed by atoms with van der Waals surface area (Å²) >= 11 is 0. The van der Waals surface area contributed by atoms with Gasteiger partial charge in [-0.3, -0.25) is 0 Å². The van der Waals surface area contributed by atoms with Crippen LogP contribution in [0.25, 0.3) is 101 Å². The van der Waals surface area contributed by atoms with Gasteiger partial charge in [-0.25, -0.2) is 15.0 Å². The van der Waals surface area contributed by atoms with E-state index in [1.54, 1.807) is 6.20 Å². The summed E-state index contributed by atoms with van der Waals surface area (Å²) in [5, 5.41) is 8.81. The van der Waals surface area contributed by atoms with Crippen molar-refractivity contribution < 1.29 is 0 Å². The highest BCUT2D eigenvalue weighted by Crippen LogP contribution is 2.37. The van der Waals surface area contributed by atoms with E-state index in [4.69, 9.17) is 15.0 Å². The van der Waals surface area contributed by atoms with E-state index in [1.807, 2.05) is 24.3 Å². The zero-order chi connectivity index (χ0) is 40.1. The monoisotopic (exact) mass is 767 g/mol. The van der Waals surface area contributed by atoms with Crippen LogP contribution in [0.2, 0.25) is 0 Å². The molecule has 0 aliphatic carbocycles. The minimum atomic E-state index is 0.555. The molecule has 0 bridgehead atoms. The fourth-order valence-corrected chi connectivity index (χ4v) is 7.62. The molecular formula is C55H37N5. The SMILES string of the molecule is c1ccc(-c2cc(-c3ccccc3)cc(-c3cc(-c4cccnn4)cc(-c4nc(-c5cccc(-c6ccccc6)c5)nc(-c5cccc(-c6ccccc6)c5)n4)c3)c2)cc1. The van der Waals surface area contributed by atoms with Gasteiger partial charge in [0.1, 0.15) is 0 Å². The van der Waals surface area contributed by atoms with E-state index in [1.165, 1.54) is 0 Å². The Hall–Kier alpha value is -8.15. The second kappa shape index (κ2) is 16.4. The van der Waals surface area contributed by atoms with Gasteiger partial charge in [0.15, 0.2) is 17.5 Å². The first kappa shape index (κ1) is 36.2. The number of rotatable bonds is 9. The molecule has 0 atom stereocenters. The van der Waals surface area contributed by atoms with Crippen molar-refractivity contribution in [2.45, 2.75) is 0 Å². The normalized spacial score (nSPS) is 11.0. The number of hydrogen-bond acceptors (Lipinski definition) is 5. The number of hydrogen-bond donors (Lipinski definition) is 0. The molecule has 0 aliphatic heterocycles. The van der Waals surface area contributed by atoms with Crippen molar-refractivity contribution >= 4 is 0 Å². The van der Waals surface area contributed by atoms with Gasteiger partial charge in [0, 0.05) is 28.5 Å². The van der Waals surface area contributed by atoms with Gasteiger partial charge in [0.25, 0.3) is 0 Å². The molecule has 0 aliphatic rings. The van der Waals surface area contributed by atoms with Gasteiger partial charge in [-0.2, -0.15) is 10.2 Å². The highest BCUT2D eigenvalue weighted by molar-refractivity contribution is 5.85. The third kappa shape index (κ3) is 7.76. The molecule has 0 N–H and O–H groups in total. The average Bonchev–Trinajstić information content (AvgIpc) is 3.35. The summed E-state index contributed by atoms with van der Waals surface area (Å²) in [6.45, 7) is 0. The van der Waals surface area contributed by atoms with Crippen molar-refractivity contribution in [3.63, 3.8) is 0 Å². The summed E-state index contributed by atoms with van der Waals surface area (Å²) < 4.78 is 0. The van der Waals surface area contributed by atoms with Crippen LogP contribution in [0.5, 0.6) is 0 Å². The quantitative estimate of drug-likeness (QED) is 0.146. The number of nitrogens with zero attached hydrogens (tertiary/aromatic N) is 5. The van der Waals surface area contributed by atoms with E-state index >= 15 is 0 Å². The first-order chi connectivity index (χ1) is 29.7. The lowest BCUT2D eigenvalue weighted by molar-refractivity contribution is 1.04. The highest BCUT2D eigenvalue weighted by Gasteiger charge is 2.17. The van der Waals surface area contributed by atoms with Gasteiger partial charge in [0.05, 0.1) is 5.69 Å². The summed E-state index contributed by atoms with van der Waals surface area (Å²) in [6.07, 6.45) is 1.70. The van der Waals surface area contributed by atoms with Crippen molar-refractivity contribution in [2.24, 2.45) is 0 Å². The van der Waals surface area contributed by atoms with Gasteiger partial charge < -0.3 is 0 Å². The summed E-state index contributed by atoms with van der Waals surface area (Å²) in [5.74, 6) is 1.73.